The predicted molar refractivity (Wildman–Crippen MR) is 89.1 cm³/mol. The van der Waals surface area contributed by atoms with Crippen LogP contribution in [0.2, 0.25) is 5.02 Å². The van der Waals surface area contributed by atoms with E-state index in [0.29, 0.717) is 11.6 Å². The van der Waals surface area contributed by atoms with Gasteiger partial charge in [0.25, 0.3) is 0 Å². The van der Waals surface area contributed by atoms with Crippen LogP contribution < -0.4 is 15.0 Å². The van der Waals surface area contributed by atoms with Crippen molar-refractivity contribution in [1.29, 1.82) is 0 Å². The van der Waals surface area contributed by atoms with Crippen molar-refractivity contribution in [2.24, 2.45) is 0 Å². The molecule has 2 amide bonds. The molecular weight excluding hydrogens is 300 g/mol. The van der Waals surface area contributed by atoms with Crippen LogP contribution in [0.25, 0.3) is 0 Å². The first-order valence-electron chi connectivity index (χ1n) is 7.18. The molecule has 0 aromatic heterocycles. The lowest BCUT2D eigenvalue weighted by atomic mass is 10.0. The number of ether oxygens (including phenoxy) is 1. The number of hydrogen-bond donors (Lipinski definition) is 1. The summed E-state index contributed by atoms with van der Waals surface area (Å²) in [6.07, 6.45) is 1.89. The molecule has 1 N–H and O–H groups in total. The molecule has 0 atom stereocenters. The summed E-state index contributed by atoms with van der Waals surface area (Å²) in [5.41, 5.74) is 2.81. The van der Waals surface area contributed by atoms with Crippen molar-refractivity contribution in [3.63, 3.8) is 0 Å². The van der Waals surface area contributed by atoms with E-state index in [1.807, 2.05) is 18.2 Å². The van der Waals surface area contributed by atoms with Gasteiger partial charge < -0.3 is 10.1 Å². The van der Waals surface area contributed by atoms with Gasteiger partial charge in [-0.15, -0.1) is 0 Å². The molecule has 1 aliphatic rings. The van der Waals surface area contributed by atoms with Crippen LogP contribution in [-0.4, -0.2) is 19.7 Å². The third-order valence-corrected chi connectivity index (χ3v) is 4.00. The number of amides is 2. The number of hydrogen-bond acceptors (Lipinski definition) is 2. The second-order valence-electron chi connectivity index (χ2n) is 5.19. The molecule has 0 fully saturated rings. The molecule has 0 bridgehead atoms. The van der Waals surface area contributed by atoms with E-state index in [1.165, 1.54) is 0 Å². The summed E-state index contributed by atoms with van der Waals surface area (Å²) < 4.78 is 5.25. The maximum absolute atomic E-state index is 12.5. The molecule has 0 radical (unpaired) electrons. The van der Waals surface area contributed by atoms with E-state index < -0.39 is 0 Å². The molecule has 1 heterocycles. The summed E-state index contributed by atoms with van der Waals surface area (Å²) in [4.78, 5) is 14.3. The number of carbonyl (C=O) groups excluding carboxylic acids is 1. The number of fused-ring (bicyclic) bond motifs is 1. The zero-order chi connectivity index (χ0) is 15.5. The number of aryl methyl sites for hydroxylation is 1. The SMILES string of the molecule is COc1ccc2c(c1)CCCN2C(=O)Nc1ccc(Cl)cc1. The minimum Gasteiger partial charge on any atom is -0.497 e. The molecule has 2 aromatic carbocycles. The van der Waals surface area contributed by atoms with Gasteiger partial charge in [0.05, 0.1) is 7.11 Å². The smallest absolute Gasteiger partial charge is 0.326 e. The fraction of sp³-hybridized carbons (Fsp3) is 0.235. The van der Waals surface area contributed by atoms with Crippen molar-refractivity contribution in [3.05, 3.63) is 53.1 Å². The number of methoxy groups -OCH3 is 1. The molecule has 1 aliphatic heterocycles. The second-order valence-corrected chi connectivity index (χ2v) is 5.62. The van der Waals surface area contributed by atoms with E-state index >= 15 is 0 Å². The maximum atomic E-state index is 12.5. The minimum absolute atomic E-state index is 0.131. The van der Waals surface area contributed by atoms with Crippen molar-refractivity contribution < 1.29 is 9.53 Å². The quantitative estimate of drug-likeness (QED) is 0.895. The fourth-order valence-electron chi connectivity index (χ4n) is 2.64. The molecule has 5 heteroatoms. The molecule has 114 valence electrons. The summed E-state index contributed by atoms with van der Waals surface area (Å²) in [5, 5.41) is 3.55. The number of anilines is 2. The average molecular weight is 317 g/mol. The Morgan fingerprint density at radius 3 is 2.73 bits per heavy atom. The van der Waals surface area contributed by atoms with Crippen molar-refractivity contribution in [3.8, 4) is 5.75 Å². The van der Waals surface area contributed by atoms with Gasteiger partial charge in [-0.3, -0.25) is 4.90 Å². The topological polar surface area (TPSA) is 41.6 Å². The predicted octanol–water partition coefficient (Wildman–Crippen LogP) is 4.33. The molecule has 0 spiro atoms. The molecule has 0 saturated heterocycles. The molecule has 2 aromatic rings. The van der Waals surface area contributed by atoms with Gasteiger partial charge in [0, 0.05) is 22.9 Å². The van der Waals surface area contributed by atoms with E-state index in [0.717, 1.165) is 35.5 Å². The zero-order valence-electron chi connectivity index (χ0n) is 12.3. The maximum Gasteiger partial charge on any atom is 0.326 e. The van der Waals surface area contributed by atoms with Gasteiger partial charge in [0.2, 0.25) is 0 Å². The summed E-state index contributed by atoms with van der Waals surface area (Å²) in [7, 11) is 1.65. The first-order valence-corrected chi connectivity index (χ1v) is 7.56. The Kier molecular flexibility index (Phi) is 4.20. The number of halogens is 1. The summed E-state index contributed by atoms with van der Waals surface area (Å²) >= 11 is 5.86. The molecule has 4 nitrogen and oxygen atoms in total. The van der Waals surface area contributed by atoms with Crippen LogP contribution in [0.4, 0.5) is 16.2 Å². The van der Waals surface area contributed by atoms with Crippen LogP contribution in [0.3, 0.4) is 0 Å². The molecule has 3 rings (SSSR count). The number of nitrogens with zero attached hydrogens (tertiary/aromatic N) is 1. The summed E-state index contributed by atoms with van der Waals surface area (Å²) in [5.74, 6) is 0.818. The number of rotatable bonds is 2. The van der Waals surface area contributed by atoms with Crippen LogP contribution in [0.5, 0.6) is 5.75 Å². The standard InChI is InChI=1S/C17H17ClN2O2/c1-22-15-8-9-16-12(11-15)3-2-10-20(16)17(21)19-14-6-4-13(18)5-7-14/h4-9,11H,2-3,10H2,1H3,(H,19,21). The lowest BCUT2D eigenvalue weighted by Crippen LogP contribution is -2.38. The van der Waals surface area contributed by atoms with Gasteiger partial charge in [0.15, 0.2) is 0 Å². The highest BCUT2D eigenvalue weighted by molar-refractivity contribution is 6.30. The van der Waals surface area contributed by atoms with E-state index in [-0.39, 0.29) is 6.03 Å². The second kappa shape index (κ2) is 6.28. The third-order valence-electron chi connectivity index (χ3n) is 3.75. The summed E-state index contributed by atoms with van der Waals surface area (Å²) in [6.45, 7) is 0.707. The lowest BCUT2D eigenvalue weighted by Gasteiger charge is -2.29. The highest BCUT2D eigenvalue weighted by Gasteiger charge is 2.22. The number of nitrogens with one attached hydrogen (secondary N) is 1. The van der Waals surface area contributed by atoms with Crippen LogP contribution in [0, 0.1) is 0 Å². The van der Waals surface area contributed by atoms with E-state index in [2.05, 4.69) is 5.32 Å². The third kappa shape index (κ3) is 3.02. The molecule has 0 aliphatic carbocycles. The number of benzene rings is 2. The molecular formula is C17H17ClN2O2. The van der Waals surface area contributed by atoms with Gasteiger partial charge in [-0.25, -0.2) is 4.79 Å². The van der Waals surface area contributed by atoms with Crippen LogP contribution >= 0.6 is 11.6 Å². The first-order chi connectivity index (χ1) is 10.7. The van der Waals surface area contributed by atoms with Crippen molar-refractivity contribution >= 4 is 29.0 Å². The van der Waals surface area contributed by atoms with Gasteiger partial charge >= 0.3 is 6.03 Å². The zero-order valence-corrected chi connectivity index (χ0v) is 13.1. The van der Waals surface area contributed by atoms with E-state index in [1.54, 1.807) is 36.3 Å². The van der Waals surface area contributed by atoms with E-state index in [9.17, 15) is 4.79 Å². The average Bonchev–Trinajstić information content (AvgIpc) is 2.55. The number of urea groups is 1. The van der Waals surface area contributed by atoms with E-state index in [4.69, 9.17) is 16.3 Å². The van der Waals surface area contributed by atoms with Gasteiger partial charge in [-0.05, 0) is 60.9 Å². The van der Waals surface area contributed by atoms with Crippen LogP contribution in [0.15, 0.2) is 42.5 Å². The Hall–Kier alpha value is -2.20. The van der Waals surface area contributed by atoms with Crippen molar-refractivity contribution in [2.75, 3.05) is 23.9 Å². The Morgan fingerprint density at radius 2 is 2.00 bits per heavy atom. The monoisotopic (exact) mass is 316 g/mol. The Balaban J connectivity index is 1.81. The number of carbonyl (C=O) groups is 1. The van der Waals surface area contributed by atoms with Gasteiger partial charge in [-0.1, -0.05) is 11.6 Å². The fourth-order valence-corrected chi connectivity index (χ4v) is 2.76. The molecule has 0 unspecified atom stereocenters. The minimum atomic E-state index is -0.131. The lowest BCUT2D eigenvalue weighted by molar-refractivity contribution is 0.256. The highest BCUT2D eigenvalue weighted by Crippen LogP contribution is 2.31. The summed E-state index contributed by atoms with van der Waals surface area (Å²) in [6, 6.07) is 12.8. The van der Waals surface area contributed by atoms with Crippen LogP contribution in [0.1, 0.15) is 12.0 Å². The molecule has 0 saturated carbocycles. The Morgan fingerprint density at radius 1 is 1.23 bits per heavy atom. The van der Waals surface area contributed by atoms with Gasteiger partial charge in [0.1, 0.15) is 5.75 Å². The van der Waals surface area contributed by atoms with Crippen molar-refractivity contribution in [2.45, 2.75) is 12.8 Å². The van der Waals surface area contributed by atoms with Gasteiger partial charge in [-0.2, -0.15) is 0 Å². The van der Waals surface area contributed by atoms with Crippen molar-refractivity contribution in [1.82, 2.24) is 0 Å². The Bertz CT molecular complexity index is 686. The normalized spacial score (nSPS) is 13.5. The van der Waals surface area contributed by atoms with Crippen LogP contribution in [-0.2, 0) is 6.42 Å². The highest BCUT2D eigenvalue weighted by atomic mass is 35.5. The first kappa shape index (κ1) is 14.7. The largest absolute Gasteiger partial charge is 0.497 e. The Labute approximate surface area is 134 Å². The molecule has 22 heavy (non-hydrogen) atoms.